The number of carbonyl (C=O) groups is 1. The van der Waals surface area contributed by atoms with Crippen molar-refractivity contribution in [2.75, 3.05) is 5.32 Å². The number of amides is 1. The molecule has 1 N–H and O–H groups in total. The molecule has 0 unspecified atom stereocenters. The van der Waals surface area contributed by atoms with Gasteiger partial charge >= 0.3 is 0 Å². The summed E-state index contributed by atoms with van der Waals surface area (Å²) in [6.45, 7) is 0. The number of rotatable bonds is 3. The number of nitrogens with one attached hydrogen (secondary N) is 1. The summed E-state index contributed by atoms with van der Waals surface area (Å²) >= 11 is 0. The third-order valence-electron chi connectivity index (χ3n) is 4.85. The van der Waals surface area contributed by atoms with Crippen LogP contribution in [0, 0.1) is 5.92 Å². The molecule has 2 heterocycles. The maximum Gasteiger partial charge on any atom is 0.228 e. The average molecular weight is 335 g/mol. The number of anilines is 1. The molecule has 0 spiro atoms. The van der Waals surface area contributed by atoms with Crippen LogP contribution < -0.4 is 5.32 Å². The van der Waals surface area contributed by atoms with Crippen molar-refractivity contribution in [3.8, 4) is 11.3 Å². The van der Waals surface area contributed by atoms with Crippen molar-refractivity contribution < 1.29 is 4.79 Å². The Balaban J connectivity index is 1.59. The molecular formula is C19H21N5O. The number of aryl methyl sites for hydroxylation is 1. The van der Waals surface area contributed by atoms with Gasteiger partial charge in [0.15, 0.2) is 0 Å². The lowest BCUT2D eigenvalue weighted by Gasteiger charge is -2.20. The molecule has 1 aliphatic carbocycles. The van der Waals surface area contributed by atoms with Crippen molar-refractivity contribution >= 4 is 22.5 Å². The molecule has 0 atom stereocenters. The maximum absolute atomic E-state index is 12.4. The highest BCUT2D eigenvalue weighted by atomic mass is 16.1. The molecular weight excluding hydrogens is 314 g/mol. The lowest BCUT2D eigenvalue weighted by atomic mass is 9.89. The molecule has 25 heavy (non-hydrogen) atoms. The normalized spacial score (nSPS) is 15.4. The summed E-state index contributed by atoms with van der Waals surface area (Å²) in [6.07, 6.45) is 9.17. The zero-order chi connectivity index (χ0) is 17.2. The Hall–Kier alpha value is -2.76. The van der Waals surface area contributed by atoms with Crippen LogP contribution in [0.3, 0.4) is 0 Å². The summed E-state index contributed by atoms with van der Waals surface area (Å²) in [5, 5.41) is 13.2. The van der Waals surface area contributed by atoms with E-state index < -0.39 is 0 Å². The van der Waals surface area contributed by atoms with Crippen molar-refractivity contribution in [2.24, 2.45) is 13.0 Å². The van der Waals surface area contributed by atoms with Gasteiger partial charge in [0, 0.05) is 30.1 Å². The Morgan fingerprint density at radius 1 is 1.16 bits per heavy atom. The summed E-state index contributed by atoms with van der Waals surface area (Å²) in [5.41, 5.74) is 1.82. The zero-order valence-corrected chi connectivity index (χ0v) is 14.3. The van der Waals surface area contributed by atoms with E-state index >= 15 is 0 Å². The van der Waals surface area contributed by atoms with Crippen LogP contribution >= 0.6 is 0 Å². The first-order chi connectivity index (χ1) is 12.2. The average Bonchev–Trinajstić information content (AvgIpc) is 3.08. The molecule has 0 radical (unpaired) electrons. The summed E-state index contributed by atoms with van der Waals surface area (Å²) < 4.78 is 1.68. The van der Waals surface area contributed by atoms with Crippen LogP contribution in [0.1, 0.15) is 32.1 Å². The number of fused-ring (bicyclic) bond motifs is 1. The molecule has 1 fully saturated rings. The molecule has 6 heteroatoms. The monoisotopic (exact) mass is 335 g/mol. The van der Waals surface area contributed by atoms with Crippen molar-refractivity contribution in [3.63, 3.8) is 0 Å². The highest BCUT2D eigenvalue weighted by molar-refractivity contribution is 5.94. The van der Waals surface area contributed by atoms with Crippen LogP contribution in [0.15, 0.2) is 36.7 Å². The van der Waals surface area contributed by atoms with Gasteiger partial charge in [-0.15, -0.1) is 5.10 Å². The minimum absolute atomic E-state index is 0.0941. The summed E-state index contributed by atoms with van der Waals surface area (Å²) in [6, 6.07) is 8.00. The van der Waals surface area contributed by atoms with Crippen molar-refractivity contribution in [2.45, 2.75) is 32.1 Å². The van der Waals surface area contributed by atoms with Crippen LogP contribution in [0.4, 0.5) is 5.82 Å². The number of aromatic nitrogens is 4. The van der Waals surface area contributed by atoms with E-state index in [0.29, 0.717) is 5.82 Å². The van der Waals surface area contributed by atoms with Gasteiger partial charge in [0.05, 0.1) is 6.20 Å². The van der Waals surface area contributed by atoms with Gasteiger partial charge in [-0.3, -0.25) is 9.48 Å². The van der Waals surface area contributed by atoms with E-state index in [1.54, 1.807) is 10.9 Å². The Kier molecular flexibility index (Phi) is 4.17. The minimum Gasteiger partial charge on any atom is -0.310 e. The quantitative estimate of drug-likeness (QED) is 0.794. The van der Waals surface area contributed by atoms with E-state index in [4.69, 9.17) is 0 Å². The van der Waals surface area contributed by atoms with E-state index in [1.165, 1.54) is 6.42 Å². The van der Waals surface area contributed by atoms with Gasteiger partial charge in [-0.05, 0) is 30.4 Å². The first-order valence-corrected chi connectivity index (χ1v) is 8.76. The molecule has 1 amide bonds. The third kappa shape index (κ3) is 3.38. The van der Waals surface area contributed by atoms with E-state index in [1.807, 2.05) is 31.4 Å². The fourth-order valence-corrected chi connectivity index (χ4v) is 3.44. The molecule has 0 bridgehead atoms. The number of nitrogens with zero attached hydrogens (tertiary/aromatic N) is 4. The minimum atomic E-state index is 0.0941. The lowest BCUT2D eigenvalue weighted by molar-refractivity contribution is -0.120. The smallest absolute Gasteiger partial charge is 0.228 e. The fraction of sp³-hybridized carbons (Fsp3) is 0.368. The van der Waals surface area contributed by atoms with Crippen LogP contribution in [-0.4, -0.2) is 25.9 Å². The molecule has 6 nitrogen and oxygen atoms in total. The second-order valence-electron chi connectivity index (χ2n) is 6.73. The van der Waals surface area contributed by atoms with Gasteiger partial charge in [-0.25, -0.2) is 4.98 Å². The Labute approximate surface area is 146 Å². The van der Waals surface area contributed by atoms with Gasteiger partial charge in [0.2, 0.25) is 5.91 Å². The first-order valence-electron chi connectivity index (χ1n) is 8.76. The Bertz CT molecular complexity index is 911. The van der Waals surface area contributed by atoms with Crippen LogP contribution in [0.25, 0.3) is 22.0 Å². The highest BCUT2D eigenvalue weighted by Gasteiger charge is 2.21. The standard InChI is InChI=1S/C19H21N5O/c1-24-12-17(22-23-24)14-7-8-15-11-20-18(10-16(15)9-14)21-19(25)13-5-3-2-4-6-13/h7-13H,2-6H2,1H3,(H,20,21,25). The van der Waals surface area contributed by atoms with Crippen LogP contribution in [0.2, 0.25) is 0 Å². The predicted octanol–water partition coefficient (Wildman–Crippen LogP) is 3.55. The molecule has 2 aromatic heterocycles. The number of hydrogen-bond acceptors (Lipinski definition) is 4. The zero-order valence-electron chi connectivity index (χ0n) is 14.3. The first kappa shape index (κ1) is 15.7. The maximum atomic E-state index is 12.4. The van der Waals surface area contributed by atoms with Gasteiger partial charge in [0.25, 0.3) is 0 Å². The van der Waals surface area contributed by atoms with E-state index in [9.17, 15) is 4.79 Å². The van der Waals surface area contributed by atoms with Gasteiger partial charge in [-0.1, -0.05) is 36.6 Å². The van der Waals surface area contributed by atoms with E-state index in [0.717, 1.165) is 47.7 Å². The predicted molar refractivity (Wildman–Crippen MR) is 96.9 cm³/mol. The Morgan fingerprint density at radius 2 is 2.00 bits per heavy atom. The molecule has 128 valence electrons. The highest BCUT2D eigenvalue weighted by Crippen LogP contribution is 2.26. The number of hydrogen-bond donors (Lipinski definition) is 1. The van der Waals surface area contributed by atoms with Crippen LogP contribution in [0.5, 0.6) is 0 Å². The van der Waals surface area contributed by atoms with Crippen molar-refractivity contribution in [1.29, 1.82) is 0 Å². The lowest BCUT2D eigenvalue weighted by Crippen LogP contribution is -2.25. The summed E-state index contributed by atoms with van der Waals surface area (Å²) in [5.74, 6) is 0.827. The molecule has 1 aromatic carbocycles. The molecule has 1 aliphatic rings. The number of benzene rings is 1. The third-order valence-corrected chi connectivity index (χ3v) is 4.85. The van der Waals surface area contributed by atoms with Crippen LogP contribution in [-0.2, 0) is 11.8 Å². The fourth-order valence-electron chi connectivity index (χ4n) is 3.44. The molecule has 4 rings (SSSR count). The van der Waals surface area contributed by atoms with Crippen molar-refractivity contribution in [3.05, 3.63) is 36.7 Å². The largest absolute Gasteiger partial charge is 0.310 e. The molecule has 1 saturated carbocycles. The number of pyridine rings is 1. The Morgan fingerprint density at radius 3 is 2.76 bits per heavy atom. The SMILES string of the molecule is Cn1cc(-c2ccc3cnc(NC(=O)C4CCCCC4)cc3c2)nn1. The second-order valence-corrected chi connectivity index (χ2v) is 6.73. The van der Waals surface area contributed by atoms with E-state index in [2.05, 4.69) is 26.7 Å². The van der Waals surface area contributed by atoms with E-state index in [-0.39, 0.29) is 11.8 Å². The topological polar surface area (TPSA) is 72.7 Å². The molecule has 3 aromatic rings. The van der Waals surface area contributed by atoms with Crippen molar-refractivity contribution in [1.82, 2.24) is 20.0 Å². The second kappa shape index (κ2) is 6.63. The summed E-state index contributed by atoms with van der Waals surface area (Å²) in [4.78, 5) is 16.8. The molecule has 0 aliphatic heterocycles. The van der Waals surface area contributed by atoms with Gasteiger partial charge < -0.3 is 5.32 Å². The van der Waals surface area contributed by atoms with Gasteiger partial charge in [-0.2, -0.15) is 0 Å². The number of carbonyl (C=O) groups excluding carboxylic acids is 1. The molecule has 0 saturated heterocycles. The summed E-state index contributed by atoms with van der Waals surface area (Å²) in [7, 11) is 1.85. The van der Waals surface area contributed by atoms with Gasteiger partial charge in [0.1, 0.15) is 11.5 Å².